The van der Waals surface area contributed by atoms with Gasteiger partial charge in [-0.25, -0.2) is 0 Å². The van der Waals surface area contributed by atoms with Gasteiger partial charge in [0.05, 0.1) is 0 Å². The van der Waals surface area contributed by atoms with E-state index >= 15 is 0 Å². The molecule has 2 nitrogen and oxygen atoms in total. The zero-order valence-electron chi connectivity index (χ0n) is 22.2. The van der Waals surface area contributed by atoms with Crippen molar-refractivity contribution in [1.82, 2.24) is 3.38 Å². The van der Waals surface area contributed by atoms with Crippen LogP contribution in [0.3, 0.4) is 0 Å². The van der Waals surface area contributed by atoms with E-state index in [1.807, 2.05) is 0 Å². The third-order valence-corrected chi connectivity index (χ3v) is 8.18. The fraction of sp³-hybridized carbons (Fsp3) is 1.00. The van der Waals surface area contributed by atoms with Gasteiger partial charge < -0.3 is 0 Å². The Morgan fingerprint density at radius 3 is 1.39 bits per heavy atom. The van der Waals surface area contributed by atoms with Crippen molar-refractivity contribution in [3.05, 3.63) is 0 Å². The molecule has 0 N–H and O–H groups in total. The Bertz CT molecular complexity index is 306. The molecule has 0 heterocycles. The third-order valence-electron chi connectivity index (χ3n) is 6.62. The van der Waals surface area contributed by atoms with E-state index in [9.17, 15) is 0 Å². The molecule has 0 amide bonds. The Balaban J connectivity index is 4.02. The molecule has 1 atom stereocenters. The molecule has 0 rings (SSSR count). The van der Waals surface area contributed by atoms with Gasteiger partial charge in [0, 0.05) is 0 Å². The molecule has 0 bridgehead atoms. The van der Waals surface area contributed by atoms with Gasteiger partial charge in [-0.3, -0.25) is 0 Å². The normalized spacial score (nSPS) is 12.5. The predicted molar refractivity (Wildman–Crippen MR) is 136 cm³/mol. The first kappa shape index (κ1) is 31.6. The molecule has 0 fully saturated rings. The summed E-state index contributed by atoms with van der Waals surface area (Å²) in [6, 6.07) is 0. The number of nitrogens with zero attached hydrogens (tertiary/aromatic N) is 1. The van der Waals surface area contributed by atoms with E-state index in [1.54, 1.807) is 0 Å². The van der Waals surface area contributed by atoms with Crippen LogP contribution in [-0.4, -0.2) is 23.1 Å². The van der Waals surface area contributed by atoms with Crippen LogP contribution < -0.4 is 0 Å². The summed E-state index contributed by atoms with van der Waals surface area (Å²) in [5, 5.41) is 0. The van der Waals surface area contributed by atoms with Crippen LogP contribution in [-0.2, 0) is 23.1 Å². The van der Waals surface area contributed by atoms with E-state index in [0.29, 0.717) is 0 Å². The van der Waals surface area contributed by atoms with Crippen molar-refractivity contribution in [2.24, 2.45) is 5.92 Å². The summed E-state index contributed by atoms with van der Waals surface area (Å²) in [5.74, 6) is 0.789. The molecule has 0 aromatic heterocycles. The first-order valence-electron chi connectivity index (χ1n) is 14.4. The summed E-state index contributed by atoms with van der Waals surface area (Å²) in [7, 11) is 0. The van der Waals surface area contributed by atoms with Gasteiger partial charge in [-0.15, -0.1) is 0 Å². The van der Waals surface area contributed by atoms with E-state index in [1.165, 1.54) is 142 Å². The van der Waals surface area contributed by atoms with Crippen LogP contribution in [0.2, 0.25) is 0 Å². The third kappa shape index (κ3) is 23.6. The quantitative estimate of drug-likeness (QED) is 0.0915. The monoisotopic (exact) mass is 473 g/mol. The summed E-state index contributed by atoms with van der Waals surface area (Å²) < 4.78 is 9.08. The molecule has 31 heavy (non-hydrogen) atoms. The minimum absolute atomic E-state index is 0.381. The van der Waals surface area contributed by atoms with Crippen LogP contribution in [0.5, 0.6) is 0 Å². The summed E-state index contributed by atoms with van der Waals surface area (Å²) in [6.07, 6.45) is 28.0. The van der Waals surface area contributed by atoms with Gasteiger partial charge >= 0.3 is 208 Å². The van der Waals surface area contributed by atoms with Crippen molar-refractivity contribution in [2.75, 3.05) is 19.7 Å². The van der Waals surface area contributed by atoms with Crippen LogP contribution in [0, 0.1) is 5.92 Å². The van der Waals surface area contributed by atoms with Crippen LogP contribution in [0.25, 0.3) is 0 Å². The molecule has 0 radical (unpaired) electrons. The summed E-state index contributed by atoms with van der Waals surface area (Å²) in [6.45, 7) is 12.8. The van der Waals surface area contributed by atoms with Gasteiger partial charge in [0.1, 0.15) is 0 Å². The molecule has 1 unspecified atom stereocenters. The van der Waals surface area contributed by atoms with Crippen molar-refractivity contribution in [3.63, 3.8) is 0 Å². The number of hydrogen-bond acceptors (Lipinski definition) is 2. The fourth-order valence-electron chi connectivity index (χ4n) is 4.22. The Morgan fingerprint density at radius 2 is 0.968 bits per heavy atom. The van der Waals surface area contributed by atoms with Crippen molar-refractivity contribution in [2.45, 2.75) is 156 Å². The van der Waals surface area contributed by atoms with Crippen molar-refractivity contribution in [1.29, 1.82) is 0 Å². The predicted octanol–water partition coefficient (Wildman–Crippen LogP) is 9.72. The molecule has 0 aliphatic carbocycles. The summed E-state index contributed by atoms with van der Waals surface area (Å²) in [4.78, 5) is 0. The van der Waals surface area contributed by atoms with Crippen molar-refractivity contribution < 1.29 is 23.1 Å². The van der Waals surface area contributed by atoms with E-state index in [4.69, 9.17) is 3.32 Å². The van der Waals surface area contributed by atoms with Gasteiger partial charge in [0.15, 0.2) is 0 Å². The van der Waals surface area contributed by atoms with E-state index in [2.05, 4.69) is 31.1 Å². The van der Waals surface area contributed by atoms with Crippen LogP contribution in [0.15, 0.2) is 0 Å². The van der Waals surface area contributed by atoms with Gasteiger partial charge in [-0.2, -0.15) is 0 Å². The molecule has 0 aliphatic rings. The molecule has 3 heteroatoms. The average molecular weight is 474 g/mol. The second-order valence-electron chi connectivity index (χ2n) is 9.76. The number of rotatable bonds is 26. The number of unbranched alkanes of at least 4 members (excludes halogenated alkanes) is 15. The zero-order valence-corrected chi connectivity index (χ0v) is 23.8. The van der Waals surface area contributed by atoms with E-state index in [-0.39, 0.29) is 19.8 Å². The molecule has 186 valence electrons. The second-order valence-corrected chi connectivity index (χ2v) is 11.5. The summed E-state index contributed by atoms with van der Waals surface area (Å²) >= 11 is -0.381. The van der Waals surface area contributed by atoms with Crippen LogP contribution >= 0.6 is 0 Å². The van der Waals surface area contributed by atoms with Gasteiger partial charge in [-0.1, -0.05) is 0 Å². The van der Waals surface area contributed by atoms with Crippen molar-refractivity contribution >= 4 is 0 Å². The first-order valence-corrected chi connectivity index (χ1v) is 15.7. The molecule has 0 saturated carbocycles. The second kappa shape index (κ2) is 26.9. The molecule has 0 aromatic carbocycles. The number of hydrogen-bond donors (Lipinski definition) is 0. The average Bonchev–Trinajstić information content (AvgIpc) is 2.79. The fourth-order valence-corrected chi connectivity index (χ4v) is 5.77. The maximum atomic E-state index is 6.34. The Kier molecular flexibility index (Phi) is 27.4. The molecule has 0 saturated heterocycles. The Labute approximate surface area is 207 Å². The van der Waals surface area contributed by atoms with Crippen LogP contribution in [0.4, 0.5) is 0 Å². The Hall–Kier alpha value is 0.634. The maximum absolute atomic E-state index is 6.34. The molecular weight excluding hydrogens is 414 g/mol. The first-order chi connectivity index (χ1) is 15.3. The molecule has 0 spiro atoms. The molecular formula is C28H59NOTi. The minimum atomic E-state index is -0.381. The van der Waals surface area contributed by atoms with E-state index in [0.717, 1.165) is 12.5 Å². The topological polar surface area (TPSA) is 12.5 Å². The SMILES string of the molecule is CCCCCCCCCC[N](CCCCCCCCCC)[Ti][O]CC(CC)CCCC. The molecule has 0 aliphatic heterocycles. The van der Waals surface area contributed by atoms with Gasteiger partial charge in [0.25, 0.3) is 0 Å². The standard InChI is InChI=1S/C20H42N.C8H17O.Ti/c1-3-5-7-9-11-13-15-17-19-21-20-18-16-14-12-10-8-6-4-2;1-3-5-6-8(4-2)7-9;/h3-20H2,1-2H3;8H,3-7H2,1-2H3;/q2*-1;+2. The zero-order chi connectivity index (χ0) is 22.8. The summed E-state index contributed by atoms with van der Waals surface area (Å²) in [5.41, 5.74) is 0. The van der Waals surface area contributed by atoms with Gasteiger partial charge in [-0.05, 0) is 0 Å². The van der Waals surface area contributed by atoms with E-state index < -0.39 is 0 Å². The molecule has 0 aromatic rings. The Morgan fingerprint density at radius 1 is 0.548 bits per heavy atom. The van der Waals surface area contributed by atoms with Crippen molar-refractivity contribution in [3.8, 4) is 0 Å². The van der Waals surface area contributed by atoms with Gasteiger partial charge in [0.2, 0.25) is 0 Å². The van der Waals surface area contributed by atoms with Crippen LogP contribution in [0.1, 0.15) is 156 Å².